The van der Waals surface area contributed by atoms with Crippen molar-refractivity contribution in [1.82, 2.24) is 14.9 Å². The summed E-state index contributed by atoms with van der Waals surface area (Å²) in [6, 6.07) is 8.51. The van der Waals surface area contributed by atoms with Gasteiger partial charge in [-0.15, -0.1) is 0 Å². The van der Waals surface area contributed by atoms with E-state index in [0.29, 0.717) is 6.07 Å². The molecule has 4 rings (SSSR count). The fourth-order valence-corrected chi connectivity index (χ4v) is 4.78. The first-order chi connectivity index (χ1) is 13.6. The summed E-state index contributed by atoms with van der Waals surface area (Å²) in [5, 5.41) is 3.77. The summed E-state index contributed by atoms with van der Waals surface area (Å²) in [5.41, 5.74) is -1.05. The predicted octanol–water partition coefficient (Wildman–Crippen LogP) is 3.62. The minimum Gasteiger partial charge on any atom is -0.334 e. The molecular weight excluding hydrogens is 407 g/mol. The van der Waals surface area contributed by atoms with Gasteiger partial charge in [-0.3, -0.25) is 0 Å². The third-order valence-corrected chi connectivity index (χ3v) is 6.56. The molecule has 2 aromatic carbocycles. The van der Waals surface area contributed by atoms with Crippen LogP contribution in [0.1, 0.15) is 25.6 Å². The lowest BCUT2D eigenvalue weighted by molar-refractivity contribution is 0.414. The zero-order valence-electron chi connectivity index (χ0n) is 15.4. The van der Waals surface area contributed by atoms with Crippen molar-refractivity contribution >= 4 is 10.0 Å². The van der Waals surface area contributed by atoms with Crippen molar-refractivity contribution < 1.29 is 26.1 Å². The van der Waals surface area contributed by atoms with E-state index in [-0.39, 0.29) is 16.6 Å². The number of aromatic nitrogens is 2. The van der Waals surface area contributed by atoms with Gasteiger partial charge in [0.25, 0.3) is 5.89 Å². The Hall–Kier alpha value is -2.72. The average molecular weight is 423 g/mol. The number of hydrogen-bond donors (Lipinski definition) is 1. The monoisotopic (exact) mass is 423 g/mol. The van der Waals surface area contributed by atoms with Gasteiger partial charge in [-0.1, -0.05) is 37.2 Å². The van der Waals surface area contributed by atoms with E-state index in [1.54, 1.807) is 18.2 Å². The summed E-state index contributed by atoms with van der Waals surface area (Å²) >= 11 is 0. The van der Waals surface area contributed by atoms with Crippen molar-refractivity contribution in [1.29, 1.82) is 0 Å². The zero-order chi connectivity index (χ0) is 21.0. The van der Waals surface area contributed by atoms with Crippen LogP contribution in [0.5, 0.6) is 0 Å². The van der Waals surface area contributed by atoms with Gasteiger partial charge in [-0.2, -0.15) is 4.98 Å². The van der Waals surface area contributed by atoms with Crippen molar-refractivity contribution in [2.24, 2.45) is 5.41 Å². The van der Waals surface area contributed by atoms with Crippen LogP contribution < -0.4 is 4.72 Å². The first-order valence-corrected chi connectivity index (χ1v) is 10.2. The van der Waals surface area contributed by atoms with Crippen LogP contribution >= 0.6 is 0 Å². The minimum absolute atomic E-state index is 0.118. The molecule has 0 radical (unpaired) electrons. The molecule has 0 spiro atoms. The van der Waals surface area contributed by atoms with Gasteiger partial charge in [0.05, 0.1) is 10.5 Å². The quantitative estimate of drug-likeness (QED) is 0.634. The Bertz CT molecular complexity index is 1180. The Balaban J connectivity index is 1.61. The van der Waals surface area contributed by atoms with Crippen molar-refractivity contribution in [3.8, 4) is 11.5 Å². The molecule has 1 aliphatic rings. The Labute approximate surface area is 164 Å². The molecule has 0 aliphatic heterocycles. The summed E-state index contributed by atoms with van der Waals surface area (Å²) in [6.45, 7) is 3.63. The standard InChI is InChI=1S/C19H16F3N3O3S/c1-19(2)14(16(19)25-29(26,27)11-6-4-3-5-7-11)17-23-18(28-24-17)12-8-10(20)9-13(21)15(12)22/h3-9,14,16,25H,1-2H3/t14-,16-/m0/s1. The van der Waals surface area contributed by atoms with E-state index >= 15 is 0 Å². The van der Waals surface area contributed by atoms with Crippen LogP contribution in [0.2, 0.25) is 0 Å². The van der Waals surface area contributed by atoms with Crippen molar-refractivity contribution in [3.05, 3.63) is 65.7 Å². The van der Waals surface area contributed by atoms with Gasteiger partial charge in [0.15, 0.2) is 17.5 Å². The second-order valence-electron chi connectivity index (χ2n) is 7.42. The number of nitrogens with zero attached hydrogens (tertiary/aromatic N) is 2. The first-order valence-electron chi connectivity index (χ1n) is 8.67. The van der Waals surface area contributed by atoms with Crippen molar-refractivity contribution in [2.75, 3.05) is 0 Å². The molecule has 1 heterocycles. The highest BCUT2D eigenvalue weighted by Crippen LogP contribution is 2.58. The Morgan fingerprint density at radius 3 is 2.48 bits per heavy atom. The maximum absolute atomic E-state index is 14.0. The van der Waals surface area contributed by atoms with Crippen LogP contribution in [0.15, 0.2) is 51.9 Å². The Kier molecular flexibility index (Phi) is 4.50. The van der Waals surface area contributed by atoms with E-state index in [1.807, 2.05) is 13.8 Å². The normalized spacial score (nSPS) is 20.6. The largest absolute Gasteiger partial charge is 0.334 e. The molecule has 152 valence electrons. The number of hydrogen-bond acceptors (Lipinski definition) is 5. The summed E-state index contributed by atoms with van der Waals surface area (Å²) in [4.78, 5) is 4.17. The molecule has 1 N–H and O–H groups in total. The van der Waals surface area contributed by atoms with Crippen LogP contribution in [0, 0.1) is 22.9 Å². The second kappa shape index (κ2) is 6.67. The molecule has 6 nitrogen and oxygen atoms in total. The number of benzene rings is 2. The summed E-state index contributed by atoms with van der Waals surface area (Å²) < 4.78 is 73.6. The highest BCUT2D eigenvalue weighted by Gasteiger charge is 2.62. The molecular formula is C19H16F3N3O3S. The fraction of sp³-hybridized carbons (Fsp3) is 0.263. The van der Waals surface area contributed by atoms with Crippen LogP contribution in [0.4, 0.5) is 13.2 Å². The third kappa shape index (κ3) is 3.42. The molecule has 0 amide bonds. The van der Waals surface area contributed by atoms with Gasteiger partial charge >= 0.3 is 0 Å². The van der Waals surface area contributed by atoms with E-state index in [2.05, 4.69) is 14.9 Å². The summed E-state index contributed by atoms with van der Waals surface area (Å²) in [6.07, 6.45) is 0. The molecule has 0 unspecified atom stereocenters. The molecule has 0 bridgehead atoms. The zero-order valence-corrected chi connectivity index (χ0v) is 16.2. The SMILES string of the molecule is CC1(C)[C@H](c2noc(-c3cc(F)cc(F)c3F)n2)[C@@H]1NS(=O)(=O)c1ccccc1. The fourth-order valence-electron chi connectivity index (χ4n) is 3.36. The van der Waals surface area contributed by atoms with E-state index in [0.717, 1.165) is 6.07 Å². The summed E-state index contributed by atoms with van der Waals surface area (Å²) in [5.74, 6) is -4.39. The van der Waals surface area contributed by atoms with E-state index in [1.165, 1.54) is 12.1 Å². The van der Waals surface area contributed by atoms with E-state index in [9.17, 15) is 21.6 Å². The second-order valence-corrected chi connectivity index (χ2v) is 9.13. The minimum atomic E-state index is -3.77. The molecule has 29 heavy (non-hydrogen) atoms. The average Bonchev–Trinajstić information content (AvgIpc) is 3.00. The molecule has 1 fully saturated rings. The predicted molar refractivity (Wildman–Crippen MR) is 96.7 cm³/mol. The molecule has 3 aromatic rings. The van der Waals surface area contributed by atoms with Crippen LogP contribution in [-0.4, -0.2) is 24.6 Å². The molecule has 2 atom stereocenters. The highest BCUT2D eigenvalue weighted by atomic mass is 32.2. The smallest absolute Gasteiger partial charge is 0.261 e. The lowest BCUT2D eigenvalue weighted by atomic mass is 10.1. The number of nitrogens with one attached hydrogen (secondary N) is 1. The van der Waals surface area contributed by atoms with Crippen molar-refractivity contribution in [2.45, 2.75) is 30.7 Å². The maximum Gasteiger partial charge on any atom is 0.261 e. The van der Waals surface area contributed by atoms with Crippen LogP contribution in [-0.2, 0) is 10.0 Å². The van der Waals surface area contributed by atoms with Crippen molar-refractivity contribution in [3.63, 3.8) is 0 Å². The van der Waals surface area contributed by atoms with Gasteiger partial charge in [0, 0.05) is 18.0 Å². The van der Waals surface area contributed by atoms with Gasteiger partial charge in [0.2, 0.25) is 10.0 Å². The number of sulfonamides is 1. The first kappa shape index (κ1) is 19.6. The maximum atomic E-state index is 14.0. The molecule has 1 aliphatic carbocycles. The summed E-state index contributed by atoms with van der Waals surface area (Å²) in [7, 11) is -3.77. The van der Waals surface area contributed by atoms with Crippen LogP contribution in [0.25, 0.3) is 11.5 Å². The van der Waals surface area contributed by atoms with Gasteiger partial charge < -0.3 is 4.52 Å². The van der Waals surface area contributed by atoms with Gasteiger partial charge in [-0.25, -0.2) is 26.3 Å². The lowest BCUT2D eigenvalue weighted by Gasteiger charge is -2.07. The van der Waals surface area contributed by atoms with E-state index < -0.39 is 50.4 Å². The van der Waals surface area contributed by atoms with Gasteiger partial charge in [-0.05, 0) is 23.6 Å². The van der Waals surface area contributed by atoms with E-state index in [4.69, 9.17) is 4.52 Å². The Morgan fingerprint density at radius 2 is 1.79 bits per heavy atom. The highest BCUT2D eigenvalue weighted by molar-refractivity contribution is 7.89. The number of halogens is 3. The van der Waals surface area contributed by atoms with Gasteiger partial charge in [0.1, 0.15) is 5.82 Å². The molecule has 1 saturated carbocycles. The number of rotatable bonds is 5. The lowest BCUT2D eigenvalue weighted by Crippen LogP contribution is -2.29. The molecule has 0 saturated heterocycles. The molecule has 1 aromatic heterocycles. The van der Waals surface area contributed by atoms with Crippen LogP contribution in [0.3, 0.4) is 0 Å². The third-order valence-electron chi connectivity index (χ3n) is 5.11. The Morgan fingerprint density at radius 1 is 1.10 bits per heavy atom. The molecule has 10 heteroatoms. The topological polar surface area (TPSA) is 85.1 Å².